The van der Waals surface area contributed by atoms with Crippen LogP contribution in [0, 0.1) is 11.8 Å². The molecule has 10 nitrogen and oxygen atoms in total. The van der Waals surface area contributed by atoms with Gasteiger partial charge in [0.25, 0.3) is 5.91 Å². The normalized spacial score (nSPS) is 10.1. The first-order chi connectivity index (χ1) is 20.2. The zero-order valence-corrected chi connectivity index (χ0v) is 23.4. The number of amides is 3. The summed E-state index contributed by atoms with van der Waals surface area (Å²) in [5, 5.41) is 5.73. The van der Waals surface area contributed by atoms with Crippen molar-refractivity contribution in [2.75, 3.05) is 30.5 Å². The summed E-state index contributed by atoms with van der Waals surface area (Å²) in [5.74, 6) is -1.30. The first kappa shape index (κ1) is 31.8. The quantitative estimate of drug-likeness (QED) is 0.168. The Morgan fingerprint density at radius 2 is 1.56 bits per heavy atom. The van der Waals surface area contributed by atoms with E-state index in [1.54, 1.807) is 68.7 Å². The van der Waals surface area contributed by atoms with Crippen LogP contribution >= 0.6 is 0 Å². The van der Waals surface area contributed by atoms with Gasteiger partial charge in [-0.3, -0.25) is 4.79 Å². The van der Waals surface area contributed by atoms with E-state index in [2.05, 4.69) is 38.7 Å². The molecule has 3 aromatic carbocycles. The van der Waals surface area contributed by atoms with E-state index >= 15 is 4.39 Å². The lowest BCUT2D eigenvalue weighted by molar-refractivity contribution is 0.0827. The predicted octanol–water partition coefficient (Wildman–Crippen LogP) is 6.03. The van der Waals surface area contributed by atoms with Crippen molar-refractivity contribution >= 4 is 40.0 Å². The Balaban J connectivity index is 0.00000199. The molecule has 0 saturated carbocycles. The molecule has 0 aliphatic heterocycles. The van der Waals surface area contributed by atoms with Crippen LogP contribution in [0.15, 0.2) is 92.2 Å². The molecule has 0 unspecified atom stereocenters. The fraction of sp³-hybridized carbons (Fsp3) is 0.0645. The second kappa shape index (κ2) is 13.7. The molecule has 0 radical (unpaired) electrons. The number of nitrogens with two attached hydrogens (primary N) is 1. The summed E-state index contributed by atoms with van der Waals surface area (Å²) < 4.78 is 29.3. The molecule has 12 heteroatoms. The summed E-state index contributed by atoms with van der Waals surface area (Å²) in [4.78, 5) is 38.3. The first-order valence-corrected chi connectivity index (χ1v) is 12.6. The van der Waals surface area contributed by atoms with Gasteiger partial charge in [-0.05, 0) is 72.3 Å². The molecule has 0 bridgehead atoms. The highest BCUT2D eigenvalue weighted by Crippen LogP contribution is 2.30. The minimum atomic E-state index is -0.683. The number of fused-ring (bicyclic) bond motifs is 1. The second-order valence-electron chi connectivity index (χ2n) is 9.06. The molecule has 0 saturated heterocycles. The fourth-order valence-electron chi connectivity index (χ4n) is 4.07. The third kappa shape index (κ3) is 7.13. The van der Waals surface area contributed by atoms with Crippen LogP contribution in [0.3, 0.4) is 0 Å². The average Bonchev–Trinajstić information content (AvgIpc) is 2.98. The van der Waals surface area contributed by atoms with E-state index in [1.807, 2.05) is 0 Å². The van der Waals surface area contributed by atoms with Crippen LogP contribution in [0.25, 0.3) is 33.4 Å². The number of urea groups is 1. The van der Waals surface area contributed by atoms with Crippen LogP contribution in [0.2, 0.25) is 0 Å². The summed E-state index contributed by atoms with van der Waals surface area (Å²) >= 11 is 0. The van der Waals surface area contributed by atoms with Gasteiger partial charge in [-0.15, -0.1) is 13.2 Å². The summed E-state index contributed by atoms with van der Waals surface area (Å²) in [6, 6.07) is 18.1. The number of pyridine rings is 1. The average molecular weight is 590 g/mol. The van der Waals surface area contributed by atoms with Gasteiger partial charge in [0.15, 0.2) is 5.82 Å². The molecule has 5 rings (SSSR count). The number of benzene rings is 3. The highest BCUT2D eigenvalue weighted by molar-refractivity contribution is 6.00. The van der Waals surface area contributed by atoms with Crippen LogP contribution in [0.5, 0.6) is 0 Å². The van der Waals surface area contributed by atoms with E-state index in [0.29, 0.717) is 33.3 Å². The molecular formula is C31H33F2N7O3. The maximum atomic E-state index is 15.1. The van der Waals surface area contributed by atoms with Crippen molar-refractivity contribution in [2.45, 2.75) is 0 Å². The molecule has 0 fully saturated rings. The number of nitrogens with zero attached hydrogens (tertiary/aromatic N) is 4. The molecule has 0 atom stereocenters. The number of carbonyl (C=O) groups is 2. The minimum absolute atomic E-state index is 0. The van der Waals surface area contributed by atoms with Gasteiger partial charge in [-0.2, -0.15) is 4.39 Å². The van der Waals surface area contributed by atoms with Crippen LogP contribution in [-0.2, 0) is 0 Å². The molecule has 3 amide bonds. The van der Waals surface area contributed by atoms with E-state index in [1.165, 1.54) is 23.2 Å². The number of carbonyl (C=O) groups excluding carboxylic acids is 2. The van der Waals surface area contributed by atoms with Crippen molar-refractivity contribution in [1.82, 2.24) is 19.9 Å². The Bertz CT molecular complexity index is 1790. The lowest BCUT2D eigenvalue weighted by Gasteiger charge is -2.12. The number of nitrogen functional groups attached to an aromatic ring is 1. The Hall–Kier alpha value is -5.75. The monoisotopic (exact) mass is 589 g/mol. The molecule has 2 aromatic heterocycles. The number of aromatic nitrogens is 3. The zero-order chi connectivity index (χ0) is 30.4. The van der Waals surface area contributed by atoms with Crippen LogP contribution < -0.4 is 16.4 Å². The topological polar surface area (TPSA) is 158 Å². The first-order valence-electron chi connectivity index (χ1n) is 12.6. The number of nitrogens with one attached hydrogen (secondary N) is 2. The van der Waals surface area contributed by atoms with Crippen molar-refractivity contribution < 1.29 is 26.7 Å². The Kier molecular flexibility index (Phi) is 10.2. The highest BCUT2D eigenvalue weighted by atomic mass is 19.1. The largest absolute Gasteiger partial charge is 0.412 e. The van der Waals surface area contributed by atoms with E-state index < -0.39 is 17.8 Å². The summed E-state index contributed by atoms with van der Waals surface area (Å²) in [6.07, 6.45) is 1.36. The van der Waals surface area contributed by atoms with Crippen molar-refractivity contribution in [2.24, 2.45) is 0 Å². The summed E-state index contributed by atoms with van der Waals surface area (Å²) in [5.41, 5.74) is 8.55. The fourth-order valence-corrected chi connectivity index (χ4v) is 4.07. The third-order valence-electron chi connectivity index (χ3n) is 6.06. The van der Waals surface area contributed by atoms with Crippen molar-refractivity contribution in [3.8, 4) is 22.5 Å². The summed E-state index contributed by atoms with van der Waals surface area (Å²) in [7, 11) is 3.30. The maximum Gasteiger partial charge on any atom is 0.323 e. The summed E-state index contributed by atoms with van der Waals surface area (Å²) in [6.45, 7) is 6.00. The van der Waals surface area contributed by atoms with Gasteiger partial charge in [-0.1, -0.05) is 6.07 Å². The molecule has 0 spiro atoms. The third-order valence-corrected chi connectivity index (χ3v) is 6.06. The van der Waals surface area contributed by atoms with Gasteiger partial charge in [-0.25, -0.2) is 24.1 Å². The number of hydrogen-bond acceptors (Lipinski definition) is 6. The van der Waals surface area contributed by atoms with E-state index in [9.17, 15) is 14.0 Å². The van der Waals surface area contributed by atoms with Gasteiger partial charge >= 0.3 is 6.03 Å². The van der Waals surface area contributed by atoms with Gasteiger partial charge in [0.1, 0.15) is 11.6 Å². The lowest BCUT2D eigenvalue weighted by Crippen LogP contribution is -2.22. The van der Waals surface area contributed by atoms with Gasteiger partial charge < -0.3 is 26.7 Å². The predicted molar refractivity (Wildman–Crippen MR) is 169 cm³/mol. The number of rotatable bonds is 5. The molecule has 0 aliphatic carbocycles. The van der Waals surface area contributed by atoms with Gasteiger partial charge in [0.05, 0.1) is 11.1 Å². The van der Waals surface area contributed by atoms with Gasteiger partial charge in [0.2, 0.25) is 5.95 Å². The highest BCUT2D eigenvalue weighted by Gasteiger charge is 2.15. The Labute approximate surface area is 249 Å². The smallest absolute Gasteiger partial charge is 0.323 e. The van der Waals surface area contributed by atoms with E-state index in [-0.39, 0.29) is 37.1 Å². The minimum Gasteiger partial charge on any atom is -0.412 e. The number of anilines is 3. The SMILES string of the molecule is C=C.CN(C)C(=O)c1ccc(NC(=O)Nc2ccc(-c3nc(N)c4ccc(-c5cccnc5F)cc4n3)c(F)c2)cc1.O.[HH].[HH]. The molecule has 6 N–H and O–H groups in total. The molecule has 43 heavy (non-hydrogen) atoms. The van der Waals surface area contributed by atoms with E-state index in [4.69, 9.17) is 5.73 Å². The molecule has 224 valence electrons. The molecular weight excluding hydrogens is 556 g/mol. The second-order valence-corrected chi connectivity index (χ2v) is 9.06. The standard InChI is InChI=1S/C29H23F2N7O2.C2H4.H2O.2H2/c1-38(2)28(39)16-5-8-18(9-6-16)34-29(40)35-19-10-12-21(23(30)15-19)27-36-24-14-17(7-11-22(24)26(32)37-27)20-4-3-13-33-25(20)31;1-2;;;/h3-15H,1-2H3,(H2,32,36,37)(H2,34,35,40);1-2H2;1H2;2*1H. The lowest BCUT2D eigenvalue weighted by atomic mass is 10.0. The van der Waals surface area contributed by atoms with E-state index in [0.717, 1.165) is 6.07 Å². The van der Waals surface area contributed by atoms with Crippen molar-refractivity contribution in [3.63, 3.8) is 0 Å². The molecule has 5 aromatic rings. The molecule has 2 heterocycles. The maximum absolute atomic E-state index is 15.1. The Morgan fingerprint density at radius 1 is 0.884 bits per heavy atom. The molecule has 0 aliphatic rings. The van der Waals surface area contributed by atoms with Crippen molar-refractivity contribution in [3.05, 3.63) is 109 Å². The van der Waals surface area contributed by atoms with Crippen LogP contribution in [0.4, 0.5) is 30.8 Å². The van der Waals surface area contributed by atoms with Crippen LogP contribution in [-0.4, -0.2) is 51.4 Å². The Morgan fingerprint density at radius 3 is 2.21 bits per heavy atom. The number of hydrogen-bond donors (Lipinski definition) is 3. The number of halogens is 2. The zero-order valence-electron chi connectivity index (χ0n) is 23.4. The van der Waals surface area contributed by atoms with Gasteiger partial charge in [0, 0.05) is 51.0 Å². The van der Waals surface area contributed by atoms with Crippen molar-refractivity contribution in [1.29, 1.82) is 0 Å². The van der Waals surface area contributed by atoms with Crippen LogP contribution in [0.1, 0.15) is 13.2 Å².